The summed E-state index contributed by atoms with van der Waals surface area (Å²) < 4.78 is 9.86. The normalized spacial score (nSPS) is 19.9. The lowest BCUT2D eigenvalue weighted by Crippen LogP contribution is -2.37. The van der Waals surface area contributed by atoms with Gasteiger partial charge in [0.15, 0.2) is 11.5 Å². The SMILES string of the molecule is COCc1cc(C(=O)N2CCC[C@@H]2CO)no1. The molecule has 1 aromatic heterocycles. The first-order valence-corrected chi connectivity index (χ1v) is 5.62. The van der Waals surface area contributed by atoms with Crippen LogP contribution in [0, 0.1) is 0 Å². The molecule has 0 saturated carbocycles. The summed E-state index contributed by atoms with van der Waals surface area (Å²) in [6, 6.07) is 1.49. The van der Waals surface area contributed by atoms with Gasteiger partial charge in [-0.15, -0.1) is 0 Å². The number of nitrogens with zero attached hydrogens (tertiary/aromatic N) is 2. The smallest absolute Gasteiger partial charge is 0.276 e. The molecule has 2 heterocycles. The van der Waals surface area contributed by atoms with E-state index in [2.05, 4.69) is 5.16 Å². The van der Waals surface area contributed by atoms with Crippen LogP contribution in [0.4, 0.5) is 0 Å². The monoisotopic (exact) mass is 240 g/mol. The van der Waals surface area contributed by atoms with Crippen molar-refractivity contribution in [2.24, 2.45) is 0 Å². The summed E-state index contributed by atoms with van der Waals surface area (Å²) in [6.45, 7) is 0.953. The first-order valence-electron chi connectivity index (χ1n) is 5.62. The summed E-state index contributed by atoms with van der Waals surface area (Å²) in [5, 5.41) is 12.9. The lowest BCUT2D eigenvalue weighted by atomic mass is 10.2. The van der Waals surface area contributed by atoms with E-state index < -0.39 is 0 Å². The van der Waals surface area contributed by atoms with Crippen LogP contribution in [0.25, 0.3) is 0 Å². The van der Waals surface area contributed by atoms with Crippen LogP contribution in [0.2, 0.25) is 0 Å². The molecule has 17 heavy (non-hydrogen) atoms. The molecule has 1 aliphatic rings. The van der Waals surface area contributed by atoms with E-state index >= 15 is 0 Å². The molecule has 0 unspecified atom stereocenters. The molecule has 1 saturated heterocycles. The van der Waals surface area contributed by atoms with Crippen LogP contribution in [0.15, 0.2) is 10.6 Å². The average molecular weight is 240 g/mol. The van der Waals surface area contributed by atoms with E-state index in [4.69, 9.17) is 14.4 Å². The third kappa shape index (κ3) is 2.48. The molecular formula is C11H16N2O4. The van der Waals surface area contributed by atoms with Crippen molar-refractivity contribution in [3.05, 3.63) is 17.5 Å². The number of hydrogen-bond donors (Lipinski definition) is 1. The predicted molar refractivity (Wildman–Crippen MR) is 58.4 cm³/mol. The van der Waals surface area contributed by atoms with Crippen molar-refractivity contribution in [1.29, 1.82) is 0 Å². The van der Waals surface area contributed by atoms with Crippen molar-refractivity contribution < 1.29 is 19.2 Å². The minimum absolute atomic E-state index is 0.00544. The number of methoxy groups -OCH3 is 1. The van der Waals surface area contributed by atoms with Gasteiger partial charge in [-0.25, -0.2) is 0 Å². The summed E-state index contributed by atoms with van der Waals surface area (Å²) in [4.78, 5) is 13.7. The molecule has 1 aliphatic heterocycles. The minimum atomic E-state index is -0.187. The highest BCUT2D eigenvalue weighted by Crippen LogP contribution is 2.19. The number of rotatable bonds is 4. The highest BCUT2D eigenvalue weighted by molar-refractivity contribution is 5.92. The van der Waals surface area contributed by atoms with Gasteiger partial charge in [0.25, 0.3) is 5.91 Å². The van der Waals surface area contributed by atoms with Crippen molar-refractivity contribution in [2.75, 3.05) is 20.3 Å². The van der Waals surface area contributed by atoms with E-state index in [0.717, 1.165) is 12.8 Å². The van der Waals surface area contributed by atoms with Gasteiger partial charge in [-0.3, -0.25) is 4.79 Å². The van der Waals surface area contributed by atoms with Gasteiger partial charge in [0.05, 0.1) is 12.6 Å². The molecule has 0 spiro atoms. The van der Waals surface area contributed by atoms with E-state index in [1.807, 2.05) is 0 Å². The number of ether oxygens (including phenoxy) is 1. The van der Waals surface area contributed by atoms with E-state index in [0.29, 0.717) is 18.9 Å². The molecule has 1 atom stereocenters. The van der Waals surface area contributed by atoms with E-state index in [-0.39, 0.29) is 24.2 Å². The van der Waals surface area contributed by atoms with Crippen LogP contribution < -0.4 is 0 Å². The predicted octanol–water partition coefficient (Wildman–Crippen LogP) is 0.418. The van der Waals surface area contributed by atoms with Crippen molar-refractivity contribution in [3.63, 3.8) is 0 Å². The molecule has 1 amide bonds. The quantitative estimate of drug-likeness (QED) is 0.825. The molecule has 1 N–H and O–H groups in total. The Hall–Kier alpha value is -1.40. The second kappa shape index (κ2) is 5.29. The summed E-state index contributed by atoms with van der Waals surface area (Å²) in [5.41, 5.74) is 0.275. The van der Waals surface area contributed by atoms with Gasteiger partial charge in [-0.1, -0.05) is 5.16 Å². The molecule has 0 aliphatic carbocycles. The summed E-state index contributed by atoms with van der Waals surface area (Å²) in [6.07, 6.45) is 1.75. The van der Waals surface area contributed by atoms with Crippen molar-refractivity contribution in [3.8, 4) is 0 Å². The number of hydrogen-bond acceptors (Lipinski definition) is 5. The number of aromatic nitrogens is 1. The maximum absolute atomic E-state index is 12.1. The second-order valence-corrected chi connectivity index (χ2v) is 4.09. The van der Waals surface area contributed by atoms with Crippen molar-refractivity contribution in [1.82, 2.24) is 10.1 Å². The maximum Gasteiger partial charge on any atom is 0.276 e. The van der Waals surface area contributed by atoms with Gasteiger partial charge in [0, 0.05) is 19.7 Å². The summed E-state index contributed by atoms with van der Waals surface area (Å²) >= 11 is 0. The van der Waals surface area contributed by atoms with Gasteiger partial charge >= 0.3 is 0 Å². The highest BCUT2D eigenvalue weighted by atomic mass is 16.5. The van der Waals surface area contributed by atoms with Crippen LogP contribution in [0.5, 0.6) is 0 Å². The lowest BCUT2D eigenvalue weighted by molar-refractivity contribution is 0.0667. The molecule has 1 aromatic rings. The number of carbonyl (C=O) groups is 1. The Balaban J connectivity index is 2.07. The van der Waals surface area contributed by atoms with Crippen LogP contribution in [0.1, 0.15) is 29.1 Å². The van der Waals surface area contributed by atoms with Gasteiger partial charge in [-0.05, 0) is 12.8 Å². The van der Waals surface area contributed by atoms with E-state index in [9.17, 15) is 4.79 Å². The highest BCUT2D eigenvalue weighted by Gasteiger charge is 2.30. The molecule has 0 bridgehead atoms. The second-order valence-electron chi connectivity index (χ2n) is 4.09. The first-order chi connectivity index (χ1) is 8.26. The zero-order chi connectivity index (χ0) is 12.3. The number of amides is 1. The van der Waals surface area contributed by atoms with Gasteiger partial charge in [-0.2, -0.15) is 0 Å². The molecule has 1 fully saturated rings. The van der Waals surface area contributed by atoms with Gasteiger partial charge in [0.2, 0.25) is 0 Å². The average Bonchev–Trinajstić information content (AvgIpc) is 2.96. The molecule has 6 nitrogen and oxygen atoms in total. The number of aliphatic hydroxyl groups is 1. The van der Waals surface area contributed by atoms with Crippen molar-refractivity contribution >= 4 is 5.91 Å². The minimum Gasteiger partial charge on any atom is -0.394 e. The number of aliphatic hydroxyl groups excluding tert-OH is 1. The fourth-order valence-electron chi connectivity index (χ4n) is 2.06. The summed E-state index contributed by atoms with van der Waals surface area (Å²) in [7, 11) is 1.55. The lowest BCUT2D eigenvalue weighted by Gasteiger charge is -2.21. The summed E-state index contributed by atoms with van der Waals surface area (Å²) in [5.74, 6) is 0.336. The Morgan fingerprint density at radius 1 is 1.76 bits per heavy atom. The number of likely N-dealkylation sites (tertiary alicyclic amines) is 1. The third-order valence-corrected chi connectivity index (χ3v) is 2.91. The molecule has 94 valence electrons. The standard InChI is InChI=1S/C11H16N2O4/c1-16-7-9-5-10(12-17-9)11(15)13-4-2-3-8(13)6-14/h5,8,14H,2-4,6-7H2,1H3/t8-/m1/s1. The topological polar surface area (TPSA) is 75.8 Å². The zero-order valence-corrected chi connectivity index (χ0v) is 9.76. The number of carbonyl (C=O) groups excluding carboxylic acids is 1. The van der Waals surface area contributed by atoms with Gasteiger partial charge < -0.3 is 19.3 Å². The fourth-order valence-corrected chi connectivity index (χ4v) is 2.06. The molecule has 0 radical (unpaired) electrons. The third-order valence-electron chi connectivity index (χ3n) is 2.91. The Bertz CT molecular complexity index is 391. The van der Waals surface area contributed by atoms with E-state index in [1.165, 1.54) is 0 Å². The van der Waals surface area contributed by atoms with Crippen LogP contribution in [0.3, 0.4) is 0 Å². The van der Waals surface area contributed by atoms with E-state index in [1.54, 1.807) is 18.1 Å². The Morgan fingerprint density at radius 2 is 2.59 bits per heavy atom. The molecule has 0 aromatic carbocycles. The fraction of sp³-hybridized carbons (Fsp3) is 0.636. The van der Waals surface area contributed by atoms with Crippen LogP contribution in [-0.4, -0.2) is 47.4 Å². The zero-order valence-electron chi connectivity index (χ0n) is 9.76. The van der Waals surface area contributed by atoms with Gasteiger partial charge in [0.1, 0.15) is 6.61 Å². The Labute approximate surface area is 99.1 Å². The van der Waals surface area contributed by atoms with Crippen LogP contribution in [-0.2, 0) is 11.3 Å². The Morgan fingerprint density at radius 3 is 3.29 bits per heavy atom. The molecule has 2 rings (SSSR count). The Kier molecular flexibility index (Phi) is 3.75. The largest absolute Gasteiger partial charge is 0.394 e. The maximum atomic E-state index is 12.1. The molecular weight excluding hydrogens is 224 g/mol. The van der Waals surface area contributed by atoms with Crippen molar-refractivity contribution in [2.45, 2.75) is 25.5 Å². The first kappa shape index (κ1) is 12.1. The molecule has 6 heteroatoms. The van der Waals surface area contributed by atoms with Crippen LogP contribution >= 0.6 is 0 Å².